The summed E-state index contributed by atoms with van der Waals surface area (Å²) >= 11 is 0. The maximum absolute atomic E-state index is 13.4. The molecule has 0 aliphatic carbocycles. The zero-order valence-electron chi connectivity index (χ0n) is 22.2. The third-order valence-corrected chi connectivity index (χ3v) is 7.50. The van der Waals surface area contributed by atoms with Gasteiger partial charge < -0.3 is 26.0 Å². The lowest BCUT2D eigenvalue weighted by molar-refractivity contribution is -0.142. The SMILES string of the molecule is O=C(C[C@H](Cc1ccccc1)NC(=O)[C@@H]1CCCN1C(=O)[C@@H]1CCCN1)N[C@@H](CCc1ccccc1)C(=O)O. The van der Waals surface area contributed by atoms with Gasteiger partial charge in [-0.25, -0.2) is 4.79 Å². The van der Waals surface area contributed by atoms with Gasteiger partial charge in [0.1, 0.15) is 12.1 Å². The second-order valence-electron chi connectivity index (χ2n) is 10.4. The topological polar surface area (TPSA) is 128 Å². The fraction of sp³-hybridized carbons (Fsp3) is 0.467. The molecule has 9 nitrogen and oxygen atoms in total. The number of amides is 3. The molecule has 2 aromatic carbocycles. The number of nitrogens with one attached hydrogen (secondary N) is 3. The minimum atomic E-state index is -1.09. The van der Waals surface area contributed by atoms with Gasteiger partial charge in [-0.05, 0) is 62.6 Å². The molecule has 0 radical (unpaired) electrons. The molecule has 2 fully saturated rings. The Morgan fingerprint density at radius 2 is 1.62 bits per heavy atom. The van der Waals surface area contributed by atoms with Gasteiger partial charge in [0, 0.05) is 19.0 Å². The predicted molar refractivity (Wildman–Crippen MR) is 147 cm³/mol. The van der Waals surface area contributed by atoms with Crippen molar-refractivity contribution in [1.29, 1.82) is 0 Å². The lowest BCUT2D eigenvalue weighted by atomic mass is 10.0. The summed E-state index contributed by atoms with van der Waals surface area (Å²) in [6, 6.07) is 16.7. The Labute approximate surface area is 229 Å². The van der Waals surface area contributed by atoms with E-state index in [0.717, 1.165) is 36.9 Å². The molecule has 4 rings (SSSR count). The largest absolute Gasteiger partial charge is 0.480 e. The molecule has 2 heterocycles. The number of hydrogen-bond acceptors (Lipinski definition) is 5. The van der Waals surface area contributed by atoms with Crippen LogP contribution in [0.1, 0.15) is 49.7 Å². The lowest BCUT2D eigenvalue weighted by Crippen LogP contribution is -2.53. The van der Waals surface area contributed by atoms with Crippen LogP contribution in [0.4, 0.5) is 0 Å². The van der Waals surface area contributed by atoms with Crippen LogP contribution in [0.3, 0.4) is 0 Å². The predicted octanol–water partition coefficient (Wildman–Crippen LogP) is 2.05. The van der Waals surface area contributed by atoms with Crippen LogP contribution < -0.4 is 16.0 Å². The second-order valence-corrected chi connectivity index (χ2v) is 10.4. The van der Waals surface area contributed by atoms with Crippen molar-refractivity contribution in [3.8, 4) is 0 Å². The number of carbonyl (C=O) groups excluding carboxylic acids is 3. The minimum Gasteiger partial charge on any atom is -0.480 e. The molecule has 2 aliphatic heterocycles. The molecule has 2 aromatic rings. The number of aliphatic carboxylic acids is 1. The molecule has 208 valence electrons. The molecule has 0 bridgehead atoms. The van der Waals surface area contributed by atoms with Gasteiger partial charge in [0.15, 0.2) is 0 Å². The number of carbonyl (C=O) groups is 4. The van der Waals surface area contributed by atoms with Crippen molar-refractivity contribution >= 4 is 23.7 Å². The minimum absolute atomic E-state index is 0.0368. The zero-order valence-corrected chi connectivity index (χ0v) is 22.2. The Morgan fingerprint density at radius 3 is 2.26 bits per heavy atom. The fourth-order valence-electron chi connectivity index (χ4n) is 5.46. The van der Waals surface area contributed by atoms with Crippen LogP contribution in [-0.4, -0.2) is 71.0 Å². The van der Waals surface area contributed by atoms with E-state index in [4.69, 9.17) is 0 Å². The number of nitrogens with zero attached hydrogens (tertiary/aromatic N) is 1. The third kappa shape index (κ3) is 8.13. The normalized spacial score (nSPS) is 20.3. The monoisotopic (exact) mass is 534 g/mol. The number of carboxylic acids is 1. The molecular formula is C30H38N4O5. The van der Waals surface area contributed by atoms with Gasteiger partial charge in [0.2, 0.25) is 17.7 Å². The van der Waals surface area contributed by atoms with Crippen LogP contribution in [0, 0.1) is 0 Å². The van der Waals surface area contributed by atoms with Crippen LogP contribution in [-0.2, 0) is 32.0 Å². The Hall–Kier alpha value is -3.72. The second kappa shape index (κ2) is 13.9. The van der Waals surface area contributed by atoms with Gasteiger partial charge in [0.25, 0.3) is 0 Å². The molecule has 0 aromatic heterocycles. The van der Waals surface area contributed by atoms with Crippen LogP contribution in [0.25, 0.3) is 0 Å². The summed E-state index contributed by atoms with van der Waals surface area (Å²) in [5.41, 5.74) is 1.94. The van der Waals surface area contributed by atoms with Crippen molar-refractivity contribution in [2.24, 2.45) is 0 Å². The summed E-state index contributed by atoms with van der Waals surface area (Å²) in [5, 5.41) is 18.6. The standard InChI is InChI=1S/C30H38N4O5/c35-27(33-25(30(38)39)16-15-21-9-3-1-4-10-21)20-23(19-22-11-5-2-6-12-22)32-28(36)26-14-8-18-34(26)29(37)24-13-7-17-31-24/h1-6,9-12,23-26,31H,7-8,13-20H2,(H,32,36)(H,33,35)(H,38,39)/t23-,24-,25-,26-/m0/s1. The van der Waals surface area contributed by atoms with Gasteiger partial charge in [-0.3, -0.25) is 14.4 Å². The molecule has 2 saturated heterocycles. The lowest BCUT2D eigenvalue weighted by Gasteiger charge is -2.28. The Balaban J connectivity index is 1.39. The highest BCUT2D eigenvalue weighted by atomic mass is 16.4. The molecule has 4 N–H and O–H groups in total. The quantitative estimate of drug-likeness (QED) is 0.330. The molecule has 2 aliphatic rings. The van der Waals surface area contributed by atoms with Gasteiger partial charge in [-0.1, -0.05) is 60.7 Å². The molecule has 0 saturated carbocycles. The van der Waals surface area contributed by atoms with E-state index in [-0.39, 0.29) is 30.7 Å². The van der Waals surface area contributed by atoms with E-state index in [9.17, 15) is 24.3 Å². The van der Waals surface area contributed by atoms with E-state index in [1.165, 1.54) is 0 Å². The maximum atomic E-state index is 13.4. The number of carboxylic acid groups (broad SMARTS) is 1. The van der Waals surface area contributed by atoms with Crippen LogP contribution in [0.15, 0.2) is 60.7 Å². The third-order valence-electron chi connectivity index (χ3n) is 7.50. The molecule has 0 spiro atoms. The Bertz CT molecular complexity index is 1120. The first-order valence-corrected chi connectivity index (χ1v) is 13.8. The first-order valence-electron chi connectivity index (χ1n) is 13.8. The number of aryl methyl sites for hydroxylation is 1. The molecule has 9 heteroatoms. The molecule has 4 atom stereocenters. The first-order chi connectivity index (χ1) is 18.9. The van der Waals surface area contributed by atoms with Gasteiger partial charge >= 0.3 is 5.97 Å². The summed E-state index contributed by atoms with van der Waals surface area (Å²) in [6.45, 7) is 1.35. The molecular weight excluding hydrogens is 496 g/mol. The number of rotatable bonds is 12. The average molecular weight is 535 g/mol. The molecule has 39 heavy (non-hydrogen) atoms. The van der Waals surface area contributed by atoms with Gasteiger partial charge in [-0.15, -0.1) is 0 Å². The first kappa shape index (κ1) is 28.3. The summed E-state index contributed by atoms with van der Waals surface area (Å²) in [5.74, 6) is -1.84. The fourth-order valence-corrected chi connectivity index (χ4v) is 5.46. The zero-order chi connectivity index (χ0) is 27.6. The highest BCUT2D eigenvalue weighted by molar-refractivity contribution is 5.91. The summed E-state index contributed by atoms with van der Waals surface area (Å²) in [7, 11) is 0. The van der Waals surface area contributed by atoms with E-state index in [2.05, 4.69) is 16.0 Å². The summed E-state index contributed by atoms with van der Waals surface area (Å²) < 4.78 is 0. The van der Waals surface area contributed by atoms with E-state index in [0.29, 0.717) is 25.8 Å². The average Bonchev–Trinajstić information content (AvgIpc) is 3.65. The van der Waals surface area contributed by atoms with Crippen molar-refractivity contribution in [3.05, 3.63) is 71.8 Å². The highest BCUT2D eigenvalue weighted by Gasteiger charge is 2.38. The van der Waals surface area contributed by atoms with Crippen molar-refractivity contribution in [2.75, 3.05) is 13.1 Å². The van der Waals surface area contributed by atoms with E-state index in [1.54, 1.807) is 4.90 Å². The van der Waals surface area contributed by atoms with Crippen molar-refractivity contribution in [2.45, 2.75) is 75.5 Å². The van der Waals surface area contributed by atoms with Crippen molar-refractivity contribution < 1.29 is 24.3 Å². The Morgan fingerprint density at radius 1 is 0.923 bits per heavy atom. The van der Waals surface area contributed by atoms with Crippen LogP contribution in [0.5, 0.6) is 0 Å². The van der Waals surface area contributed by atoms with Crippen LogP contribution >= 0.6 is 0 Å². The Kier molecular flexibility index (Phi) is 10.1. The molecule has 3 amide bonds. The molecule has 0 unspecified atom stereocenters. The summed E-state index contributed by atoms with van der Waals surface area (Å²) in [6.07, 6.45) is 4.16. The maximum Gasteiger partial charge on any atom is 0.326 e. The van der Waals surface area contributed by atoms with Crippen LogP contribution in [0.2, 0.25) is 0 Å². The number of hydrogen-bond donors (Lipinski definition) is 4. The van der Waals surface area contributed by atoms with Gasteiger partial charge in [-0.2, -0.15) is 0 Å². The van der Waals surface area contributed by atoms with E-state index >= 15 is 0 Å². The van der Waals surface area contributed by atoms with E-state index in [1.807, 2.05) is 60.7 Å². The van der Waals surface area contributed by atoms with E-state index < -0.39 is 30.0 Å². The number of likely N-dealkylation sites (tertiary alicyclic amines) is 1. The highest BCUT2D eigenvalue weighted by Crippen LogP contribution is 2.21. The summed E-state index contributed by atoms with van der Waals surface area (Å²) in [4.78, 5) is 53.0. The van der Waals surface area contributed by atoms with Crippen molar-refractivity contribution in [3.63, 3.8) is 0 Å². The van der Waals surface area contributed by atoms with Crippen molar-refractivity contribution in [1.82, 2.24) is 20.9 Å². The van der Waals surface area contributed by atoms with Gasteiger partial charge in [0.05, 0.1) is 6.04 Å². The smallest absolute Gasteiger partial charge is 0.326 e. The number of benzene rings is 2.